The molecule has 1 N–H and O–H groups in total. The van der Waals surface area contributed by atoms with Gasteiger partial charge in [0.15, 0.2) is 0 Å². The zero-order chi connectivity index (χ0) is 13.0. The van der Waals surface area contributed by atoms with Gasteiger partial charge in [-0.25, -0.2) is 4.98 Å². The van der Waals surface area contributed by atoms with Crippen molar-refractivity contribution in [2.45, 2.75) is 40.0 Å². The fraction of sp³-hybridized carbons (Fsp3) is 0.667. The van der Waals surface area contributed by atoms with Gasteiger partial charge in [0.25, 0.3) is 0 Å². The lowest BCUT2D eigenvalue weighted by atomic mass is 9.82. The molecule has 0 saturated carbocycles. The fourth-order valence-electron chi connectivity index (χ4n) is 2.84. The third kappa shape index (κ3) is 2.60. The van der Waals surface area contributed by atoms with Crippen LogP contribution in [0, 0.1) is 5.41 Å². The average Bonchev–Trinajstić information content (AvgIpc) is 2.85. The van der Waals surface area contributed by atoms with Crippen LogP contribution in [0.1, 0.15) is 40.0 Å². The number of aromatic nitrogens is 1. The summed E-state index contributed by atoms with van der Waals surface area (Å²) in [6, 6.07) is 6.26. The van der Waals surface area contributed by atoms with Crippen LogP contribution in [0.5, 0.6) is 0 Å². The first-order valence-electron chi connectivity index (χ1n) is 7.19. The van der Waals surface area contributed by atoms with Crippen molar-refractivity contribution in [2.75, 3.05) is 29.9 Å². The molecular formula is C15H25N3. The standard InChI is InChI=1S/C15H25N3/c1-4-15(5-2)10-11-18(12-15)14-9-7-8-13(17-14)16-6-3/h7-9H,4-6,10-12H2,1-3H3,(H,16,17). The highest BCUT2D eigenvalue weighted by atomic mass is 15.2. The van der Waals surface area contributed by atoms with Gasteiger partial charge in [0.05, 0.1) is 0 Å². The smallest absolute Gasteiger partial charge is 0.130 e. The van der Waals surface area contributed by atoms with E-state index in [1.165, 1.54) is 19.3 Å². The van der Waals surface area contributed by atoms with Gasteiger partial charge in [0.1, 0.15) is 11.6 Å². The summed E-state index contributed by atoms with van der Waals surface area (Å²) >= 11 is 0. The van der Waals surface area contributed by atoms with Crippen molar-refractivity contribution in [3.05, 3.63) is 18.2 Å². The van der Waals surface area contributed by atoms with Crippen molar-refractivity contribution in [3.8, 4) is 0 Å². The second kappa shape index (κ2) is 5.59. The Morgan fingerprint density at radius 3 is 2.67 bits per heavy atom. The molecule has 1 saturated heterocycles. The van der Waals surface area contributed by atoms with Gasteiger partial charge >= 0.3 is 0 Å². The lowest BCUT2D eigenvalue weighted by molar-refractivity contribution is 0.301. The summed E-state index contributed by atoms with van der Waals surface area (Å²) < 4.78 is 0. The number of anilines is 2. The monoisotopic (exact) mass is 247 g/mol. The molecule has 2 heterocycles. The molecule has 2 rings (SSSR count). The molecule has 0 unspecified atom stereocenters. The Morgan fingerprint density at radius 1 is 1.28 bits per heavy atom. The summed E-state index contributed by atoms with van der Waals surface area (Å²) in [6.07, 6.45) is 3.84. The van der Waals surface area contributed by atoms with Gasteiger partial charge < -0.3 is 10.2 Å². The van der Waals surface area contributed by atoms with Crippen molar-refractivity contribution in [1.82, 2.24) is 4.98 Å². The lowest BCUT2D eigenvalue weighted by Crippen LogP contribution is -2.26. The molecule has 1 fully saturated rings. The summed E-state index contributed by atoms with van der Waals surface area (Å²) in [5.41, 5.74) is 0.510. The van der Waals surface area contributed by atoms with E-state index < -0.39 is 0 Å². The Labute approximate surface area is 111 Å². The van der Waals surface area contributed by atoms with Gasteiger partial charge in [-0.15, -0.1) is 0 Å². The summed E-state index contributed by atoms with van der Waals surface area (Å²) in [4.78, 5) is 7.13. The molecule has 3 heteroatoms. The lowest BCUT2D eigenvalue weighted by Gasteiger charge is -2.26. The Bertz CT molecular complexity index is 385. The van der Waals surface area contributed by atoms with E-state index in [-0.39, 0.29) is 0 Å². The molecule has 1 aromatic heterocycles. The van der Waals surface area contributed by atoms with Crippen molar-refractivity contribution >= 4 is 11.6 Å². The van der Waals surface area contributed by atoms with Crippen LogP contribution >= 0.6 is 0 Å². The maximum Gasteiger partial charge on any atom is 0.130 e. The molecule has 0 spiro atoms. The molecule has 0 aliphatic carbocycles. The largest absolute Gasteiger partial charge is 0.370 e. The third-order valence-corrected chi connectivity index (χ3v) is 4.35. The molecule has 1 aromatic rings. The summed E-state index contributed by atoms with van der Waals surface area (Å²) in [6.45, 7) is 9.95. The molecule has 3 nitrogen and oxygen atoms in total. The molecule has 0 aromatic carbocycles. The van der Waals surface area contributed by atoms with Crippen molar-refractivity contribution in [1.29, 1.82) is 0 Å². The van der Waals surface area contributed by atoms with E-state index in [1.54, 1.807) is 0 Å². The zero-order valence-electron chi connectivity index (χ0n) is 11.9. The maximum atomic E-state index is 4.69. The highest BCUT2D eigenvalue weighted by Crippen LogP contribution is 2.38. The van der Waals surface area contributed by atoms with Gasteiger partial charge in [-0.3, -0.25) is 0 Å². The normalized spacial score (nSPS) is 18.1. The number of pyridine rings is 1. The van der Waals surface area contributed by atoms with Crippen LogP contribution in [0.2, 0.25) is 0 Å². The van der Waals surface area contributed by atoms with E-state index in [9.17, 15) is 0 Å². The van der Waals surface area contributed by atoms with E-state index >= 15 is 0 Å². The van der Waals surface area contributed by atoms with E-state index in [0.717, 1.165) is 31.3 Å². The Kier molecular flexibility index (Phi) is 4.10. The van der Waals surface area contributed by atoms with Crippen molar-refractivity contribution in [2.24, 2.45) is 5.41 Å². The van der Waals surface area contributed by atoms with Crippen LogP contribution in [0.25, 0.3) is 0 Å². The molecular weight excluding hydrogens is 222 g/mol. The number of rotatable bonds is 5. The van der Waals surface area contributed by atoms with Crippen molar-refractivity contribution in [3.63, 3.8) is 0 Å². The first kappa shape index (κ1) is 13.2. The van der Waals surface area contributed by atoms with Crippen LogP contribution in [0.4, 0.5) is 11.6 Å². The maximum absolute atomic E-state index is 4.69. The molecule has 18 heavy (non-hydrogen) atoms. The van der Waals surface area contributed by atoms with E-state index in [2.05, 4.69) is 43.1 Å². The quantitative estimate of drug-likeness (QED) is 0.862. The van der Waals surface area contributed by atoms with E-state index in [4.69, 9.17) is 4.98 Å². The minimum atomic E-state index is 0.510. The van der Waals surface area contributed by atoms with Gasteiger partial charge in [0.2, 0.25) is 0 Å². The summed E-state index contributed by atoms with van der Waals surface area (Å²) in [5, 5.41) is 3.28. The summed E-state index contributed by atoms with van der Waals surface area (Å²) in [5.74, 6) is 2.11. The Hall–Kier alpha value is -1.25. The molecule has 1 aliphatic rings. The highest BCUT2D eigenvalue weighted by molar-refractivity contribution is 5.48. The second-order valence-electron chi connectivity index (χ2n) is 5.29. The minimum Gasteiger partial charge on any atom is -0.370 e. The minimum absolute atomic E-state index is 0.510. The van der Waals surface area contributed by atoms with Gasteiger partial charge in [-0.2, -0.15) is 0 Å². The van der Waals surface area contributed by atoms with Gasteiger partial charge in [0, 0.05) is 19.6 Å². The topological polar surface area (TPSA) is 28.2 Å². The Morgan fingerprint density at radius 2 is 2.06 bits per heavy atom. The number of hydrogen-bond acceptors (Lipinski definition) is 3. The zero-order valence-corrected chi connectivity index (χ0v) is 11.9. The predicted octanol–water partition coefficient (Wildman–Crippen LogP) is 3.53. The SMILES string of the molecule is CCNc1cccc(N2CCC(CC)(CC)C2)n1. The van der Waals surface area contributed by atoms with Gasteiger partial charge in [-0.1, -0.05) is 19.9 Å². The van der Waals surface area contributed by atoms with Crippen LogP contribution in [0.15, 0.2) is 18.2 Å². The number of nitrogens with one attached hydrogen (secondary N) is 1. The number of hydrogen-bond donors (Lipinski definition) is 1. The van der Waals surface area contributed by atoms with Gasteiger partial charge in [-0.05, 0) is 43.7 Å². The Balaban J connectivity index is 2.11. The van der Waals surface area contributed by atoms with E-state index in [1.807, 2.05) is 6.07 Å². The van der Waals surface area contributed by atoms with E-state index in [0.29, 0.717) is 5.41 Å². The number of nitrogens with zero attached hydrogens (tertiary/aromatic N) is 2. The second-order valence-corrected chi connectivity index (χ2v) is 5.29. The average molecular weight is 247 g/mol. The molecule has 0 atom stereocenters. The molecule has 0 radical (unpaired) electrons. The first-order valence-corrected chi connectivity index (χ1v) is 7.19. The van der Waals surface area contributed by atoms with Crippen LogP contribution < -0.4 is 10.2 Å². The predicted molar refractivity (Wildman–Crippen MR) is 78.2 cm³/mol. The van der Waals surface area contributed by atoms with Crippen molar-refractivity contribution < 1.29 is 0 Å². The van der Waals surface area contributed by atoms with Crippen LogP contribution in [0.3, 0.4) is 0 Å². The molecule has 100 valence electrons. The molecule has 0 bridgehead atoms. The molecule has 0 amide bonds. The third-order valence-electron chi connectivity index (χ3n) is 4.35. The van der Waals surface area contributed by atoms with Crippen LogP contribution in [-0.4, -0.2) is 24.6 Å². The first-order chi connectivity index (χ1) is 8.73. The highest BCUT2D eigenvalue weighted by Gasteiger charge is 2.35. The van der Waals surface area contributed by atoms with Crippen LogP contribution in [-0.2, 0) is 0 Å². The summed E-state index contributed by atoms with van der Waals surface area (Å²) in [7, 11) is 0. The fourth-order valence-corrected chi connectivity index (χ4v) is 2.84. The molecule has 1 aliphatic heterocycles.